The van der Waals surface area contributed by atoms with Crippen molar-refractivity contribution in [3.8, 4) is 0 Å². The van der Waals surface area contributed by atoms with E-state index in [1.807, 2.05) is 0 Å². The first kappa shape index (κ1) is 7.92. The molecule has 2 nitrogen and oxygen atoms in total. The fourth-order valence-electron chi connectivity index (χ4n) is 0.482. The Kier molecular flexibility index (Phi) is 5.01. The molecule has 1 N–H and O–H groups in total. The predicted molar refractivity (Wildman–Crippen MR) is 32.9 cm³/mol. The molecule has 8 heavy (non-hydrogen) atoms. The molecule has 1 atom stereocenters. The SMILES string of the molecule is CCC(C)CC[N]O. The molecule has 0 bridgehead atoms. The fourth-order valence-corrected chi connectivity index (χ4v) is 0.482. The Morgan fingerprint density at radius 2 is 2.25 bits per heavy atom. The van der Waals surface area contributed by atoms with Crippen LogP contribution in [-0.4, -0.2) is 11.8 Å². The van der Waals surface area contributed by atoms with Gasteiger partial charge in [-0.05, 0) is 12.3 Å². The lowest BCUT2D eigenvalue weighted by Gasteiger charge is -2.03. The van der Waals surface area contributed by atoms with E-state index in [4.69, 9.17) is 5.21 Å². The predicted octanol–water partition coefficient (Wildman–Crippen LogP) is 1.42. The van der Waals surface area contributed by atoms with E-state index in [1.54, 1.807) is 0 Å². The molecule has 2 heteroatoms. The van der Waals surface area contributed by atoms with Gasteiger partial charge in [0, 0.05) is 6.54 Å². The summed E-state index contributed by atoms with van der Waals surface area (Å²) >= 11 is 0. The Hall–Kier alpha value is -0.0800. The second-order valence-corrected chi connectivity index (χ2v) is 2.17. The molecular weight excluding hydrogens is 102 g/mol. The Balaban J connectivity index is 2.86. The lowest BCUT2D eigenvalue weighted by Crippen LogP contribution is -2.04. The summed E-state index contributed by atoms with van der Waals surface area (Å²) in [5.41, 5.74) is 3.02. The van der Waals surface area contributed by atoms with Crippen LogP contribution in [0.25, 0.3) is 0 Å². The topological polar surface area (TPSA) is 34.3 Å². The third-order valence-electron chi connectivity index (χ3n) is 1.42. The smallest absolute Gasteiger partial charge is 0.0426 e. The van der Waals surface area contributed by atoms with Crippen molar-refractivity contribution in [2.45, 2.75) is 26.7 Å². The Morgan fingerprint density at radius 1 is 1.62 bits per heavy atom. The highest BCUT2D eigenvalue weighted by Gasteiger charge is 1.95. The maximum atomic E-state index is 8.04. The van der Waals surface area contributed by atoms with E-state index in [0.29, 0.717) is 12.5 Å². The molecule has 0 saturated carbocycles. The highest BCUT2D eigenvalue weighted by Crippen LogP contribution is 2.03. The van der Waals surface area contributed by atoms with Crippen LogP contribution in [0.2, 0.25) is 0 Å². The molecule has 0 aromatic heterocycles. The van der Waals surface area contributed by atoms with Crippen molar-refractivity contribution in [3.63, 3.8) is 0 Å². The van der Waals surface area contributed by atoms with Gasteiger partial charge in [-0.25, -0.2) is 0 Å². The van der Waals surface area contributed by atoms with Crippen LogP contribution in [0.4, 0.5) is 0 Å². The lowest BCUT2D eigenvalue weighted by molar-refractivity contribution is 0.149. The van der Waals surface area contributed by atoms with E-state index in [9.17, 15) is 0 Å². The van der Waals surface area contributed by atoms with Crippen LogP contribution >= 0.6 is 0 Å². The van der Waals surface area contributed by atoms with Crippen molar-refractivity contribution >= 4 is 0 Å². The quantitative estimate of drug-likeness (QED) is 0.554. The Bertz CT molecular complexity index is 47.8. The van der Waals surface area contributed by atoms with Crippen LogP contribution in [0.1, 0.15) is 26.7 Å². The molecule has 1 unspecified atom stereocenters. The summed E-state index contributed by atoms with van der Waals surface area (Å²) in [6, 6.07) is 0. The summed E-state index contributed by atoms with van der Waals surface area (Å²) < 4.78 is 0. The second kappa shape index (κ2) is 5.06. The van der Waals surface area contributed by atoms with Crippen LogP contribution < -0.4 is 5.48 Å². The molecule has 0 saturated heterocycles. The fraction of sp³-hybridized carbons (Fsp3) is 1.00. The zero-order chi connectivity index (χ0) is 6.41. The Labute approximate surface area is 50.9 Å². The van der Waals surface area contributed by atoms with Gasteiger partial charge in [-0.2, -0.15) is 0 Å². The van der Waals surface area contributed by atoms with Gasteiger partial charge < -0.3 is 0 Å². The Morgan fingerprint density at radius 3 is 2.62 bits per heavy atom. The summed E-state index contributed by atoms with van der Waals surface area (Å²) in [6.07, 6.45) is 2.18. The molecule has 49 valence electrons. The first-order valence-corrected chi connectivity index (χ1v) is 3.12. The van der Waals surface area contributed by atoms with E-state index in [0.717, 1.165) is 6.42 Å². The zero-order valence-electron chi connectivity index (χ0n) is 5.59. The van der Waals surface area contributed by atoms with E-state index in [-0.39, 0.29) is 0 Å². The molecule has 0 aliphatic carbocycles. The van der Waals surface area contributed by atoms with Gasteiger partial charge in [-0.15, -0.1) is 5.48 Å². The molecule has 0 aliphatic rings. The largest absolute Gasteiger partial charge is 0.297 e. The number of nitrogens with zero attached hydrogens (tertiary/aromatic N) is 1. The average molecular weight is 116 g/mol. The van der Waals surface area contributed by atoms with Crippen LogP contribution in [0.3, 0.4) is 0 Å². The molecule has 0 aromatic carbocycles. The van der Waals surface area contributed by atoms with Crippen molar-refractivity contribution < 1.29 is 5.21 Å². The van der Waals surface area contributed by atoms with Gasteiger partial charge >= 0.3 is 0 Å². The molecular formula is C6H14NO. The van der Waals surface area contributed by atoms with E-state index in [1.165, 1.54) is 6.42 Å². The van der Waals surface area contributed by atoms with Gasteiger partial charge in [0.2, 0.25) is 0 Å². The summed E-state index contributed by atoms with van der Waals surface area (Å²) in [6.45, 7) is 4.89. The molecule has 0 amide bonds. The van der Waals surface area contributed by atoms with E-state index < -0.39 is 0 Å². The molecule has 0 aromatic rings. The maximum absolute atomic E-state index is 8.04. The zero-order valence-corrected chi connectivity index (χ0v) is 5.59. The van der Waals surface area contributed by atoms with Crippen molar-refractivity contribution in [1.29, 1.82) is 0 Å². The first-order valence-electron chi connectivity index (χ1n) is 3.12. The number of hydrogen-bond acceptors (Lipinski definition) is 1. The van der Waals surface area contributed by atoms with Gasteiger partial charge in [0.25, 0.3) is 0 Å². The van der Waals surface area contributed by atoms with Crippen LogP contribution in [0, 0.1) is 5.92 Å². The minimum absolute atomic E-state index is 0.592. The summed E-state index contributed by atoms with van der Waals surface area (Å²) in [5.74, 6) is 0.700. The van der Waals surface area contributed by atoms with Crippen LogP contribution in [-0.2, 0) is 0 Å². The number of hydroxylamine groups is 1. The van der Waals surface area contributed by atoms with Crippen LogP contribution in [0.5, 0.6) is 0 Å². The highest BCUT2D eigenvalue weighted by atomic mass is 16.5. The van der Waals surface area contributed by atoms with Gasteiger partial charge in [0.05, 0.1) is 0 Å². The minimum atomic E-state index is 0.592. The number of hydrogen-bond donors (Lipinski definition) is 1. The standard InChI is InChI=1S/C6H14NO/c1-3-6(2)4-5-7-8/h6,8H,3-5H2,1-2H3. The third-order valence-corrected chi connectivity index (χ3v) is 1.42. The summed E-state index contributed by atoms with van der Waals surface area (Å²) in [5, 5.41) is 8.04. The molecule has 0 heterocycles. The van der Waals surface area contributed by atoms with Crippen LogP contribution in [0.15, 0.2) is 0 Å². The van der Waals surface area contributed by atoms with E-state index in [2.05, 4.69) is 19.3 Å². The molecule has 0 spiro atoms. The average Bonchev–Trinajstić information content (AvgIpc) is 1.83. The lowest BCUT2D eigenvalue weighted by atomic mass is 10.1. The van der Waals surface area contributed by atoms with Gasteiger partial charge in [-0.3, -0.25) is 5.21 Å². The first-order chi connectivity index (χ1) is 3.81. The molecule has 0 aliphatic heterocycles. The van der Waals surface area contributed by atoms with Gasteiger partial charge in [0.1, 0.15) is 0 Å². The summed E-state index contributed by atoms with van der Waals surface area (Å²) in [7, 11) is 0. The second-order valence-electron chi connectivity index (χ2n) is 2.17. The minimum Gasteiger partial charge on any atom is -0.297 e. The number of rotatable bonds is 4. The van der Waals surface area contributed by atoms with E-state index >= 15 is 0 Å². The molecule has 0 rings (SSSR count). The molecule has 0 fully saturated rings. The molecule has 1 radical (unpaired) electrons. The van der Waals surface area contributed by atoms with Crippen molar-refractivity contribution in [3.05, 3.63) is 0 Å². The van der Waals surface area contributed by atoms with Gasteiger partial charge in [0.15, 0.2) is 0 Å². The highest BCUT2D eigenvalue weighted by molar-refractivity contribution is 4.48. The third kappa shape index (κ3) is 4.09. The van der Waals surface area contributed by atoms with Gasteiger partial charge in [-0.1, -0.05) is 20.3 Å². The summed E-state index contributed by atoms with van der Waals surface area (Å²) in [4.78, 5) is 0. The van der Waals surface area contributed by atoms with Crippen molar-refractivity contribution in [2.75, 3.05) is 6.54 Å². The normalized spacial score (nSPS) is 13.9. The van der Waals surface area contributed by atoms with Crippen molar-refractivity contribution in [2.24, 2.45) is 5.92 Å². The maximum Gasteiger partial charge on any atom is 0.0426 e. The van der Waals surface area contributed by atoms with Crippen molar-refractivity contribution in [1.82, 2.24) is 5.48 Å². The monoisotopic (exact) mass is 116 g/mol.